The molecule has 2 heterocycles. The van der Waals surface area contributed by atoms with Crippen LogP contribution >= 0.6 is 11.6 Å². The summed E-state index contributed by atoms with van der Waals surface area (Å²) in [5.74, 6) is -0.0475. The summed E-state index contributed by atoms with van der Waals surface area (Å²) in [6.45, 7) is 0.385. The first kappa shape index (κ1) is 27.2. The Morgan fingerprint density at radius 2 is 1.82 bits per heavy atom. The van der Waals surface area contributed by atoms with Crippen molar-refractivity contribution in [3.63, 3.8) is 0 Å². The van der Waals surface area contributed by atoms with Crippen LogP contribution in [0.3, 0.4) is 0 Å². The van der Waals surface area contributed by atoms with Gasteiger partial charge in [-0.15, -0.1) is 0 Å². The lowest BCUT2D eigenvalue weighted by atomic mass is 10.1. The van der Waals surface area contributed by atoms with Gasteiger partial charge >= 0.3 is 0 Å². The molecule has 1 aliphatic heterocycles. The molecule has 10 heteroatoms. The average molecular weight is 573 g/mol. The average Bonchev–Trinajstić information content (AvgIpc) is 3.54. The van der Waals surface area contributed by atoms with Crippen LogP contribution in [0.5, 0.6) is 5.75 Å². The zero-order valence-electron chi connectivity index (χ0n) is 21.3. The van der Waals surface area contributed by atoms with Crippen molar-refractivity contribution in [1.82, 2.24) is 15.1 Å². The molecular weight excluding hydrogens is 548 g/mol. The number of rotatable bonds is 8. The number of hydrogen-bond acceptors (Lipinski definition) is 6. The van der Waals surface area contributed by atoms with Crippen LogP contribution < -0.4 is 10.1 Å². The molecule has 1 unspecified atom stereocenters. The van der Waals surface area contributed by atoms with E-state index in [1.807, 2.05) is 84.9 Å². The predicted molar refractivity (Wildman–Crippen MR) is 154 cm³/mol. The van der Waals surface area contributed by atoms with Crippen molar-refractivity contribution in [3.05, 3.63) is 107 Å². The molecule has 0 spiro atoms. The number of amides is 1. The van der Waals surface area contributed by atoms with E-state index in [-0.39, 0.29) is 17.1 Å². The van der Waals surface area contributed by atoms with Gasteiger partial charge in [-0.05, 0) is 66.6 Å². The molecule has 0 radical (unpaired) electrons. The van der Waals surface area contributed by atoms with Gasteiger partial charge in [-0.25, -0.2) is 13.1 Å². The highest BCUT2D eigenvalue weighted by Gasteiger charge is 2.29. The van der Waals surface area contributed by atoms with Gasteiger partial charge in [-0.2, -0.15) is 10.4 Å². The number of hydrogen-bond donors (Lipinski definition) is 1. The molecule has 0 aliphatic carbocycles. The summed E-state index contributed by atoms with van der Waals surface area (Å²) in [5, 5.41) is 17.9. The van der Waals surface area contributed by atoms with Gasteiger partial charge in [0.1, 0.15) is 24.0 Å². The van der Waals surface area contributed by atoms with Crippen molar-refractivity contribution < 1.29 is 17.9 Å². The van der Waals surface area contributed by atoms with Gasteiger partial charge in [0, 0.05) is 28.4 Å². The van der Waals surface area contributed by atoms with Crippen molar-refractivity contribution in [1.29, 1.82) is 5.26 Å². The maximum absolute atomic E-state index is 12.9. The smallest absolute Gasteiger partial charge is 0.262 e. The first-order valence-corrected chi connectivity index (χ1v) is 14.8. The van der Waals surface area contributed by atoms with Crippen LogP contribution in [0, 0.1) is 11.3 Å². The van der Waals surface area contributed by atoms with Gasteiger partial charge < -0.3 is 10.1 Å². The summed E-state index contributed by atoms with van der Waals surface area (Å²) < 4.78 is 31.2. The summed E-state index contributed by atoms with van der Waals surface area (Å²) >= 11 is 5.95. The summed E-state index contributed by atoms with van der Waals surface area (Å²) in [5.41, 5.74) is 3.55. The standard InChI is InChI=1S/C30H25ClN4O4S/c31-25-10-6-21(7-11-25)19-39-28-12-8-22(9-13-28)29-24(18-35(34-29)27-4-2-1-3-5-27)16-23(17-32)30(36)33-26-14-15-40(37,38)20-26/h1-13,16,18,26H,14-15,19-20H2,(H,33,36)/b23-16-. The van der Waals surface area contributed by atoms with Crippen LogP contribution in [0.4, 0.5) is 0 Å². The number of nitrogens with one attached hydrogen (secondary N) is 1. The molecular formula is C30H25ClN4O4S. The Bertz CT molecular complexity index is 1690. The number of ether oxygens (including phenoxy) is 1. The molecule has 0 saturated carbocycles. The number of aromatic nitrogens is 2. The molecule has 1 aromatic heterocycles. The number of sulfone groups is 1. The SMILES string of the molecule is N#C/C(=C/c1cn(-c2ccccc2)nc1-c1ccc(OCc2ccc(Cl)cc2)cc1)C(=O)NC1CCS(=O)(=O)C1. The number of para-hydroxylation sites is 1. The zero-order chi connectivity index (χ0) is 28.1. The molecule has 4 aromatic rings. The van der Waals surface area contributed by atoms with Crippen LogP contribution in [-0.4, -0.2) is 41.7 Å². The number of nitriles is 1. The first-order chi connectivity index (χ1) is 19.3. The molecule has 1 atom stereocenters. The number of carbonyl (C=O) groups is 1. The minimum Gasteiger partial charge on any atom is -0.489 e. The molecule has 3 aromatic carbocycles. The molecule has 1 fully saturated rings. The van der Waals surface area contributed by atoms with E-state index < -0.39 is 21.8 Å². The van der Waals surface area contributed by atoms with E-state index in [0.717, 1.165) is 16.8 Å². The van der Waals surface area contributed by atoms with Crippen molar-refractivity contribution in [3.8, 4) is 28.8 Å². The van der Waals surface area contributed by atoms with E-state index in [9.17, 15) is 18.5 Å². The molecule has 1 aliphatic rings. The van der Waals surface area contributed by atoms with Crippen LogP contribution in [0.25, 0.3) is 23.0 Å². The molecule has 202 valence electrons. The molecule has 1 saturated heterocycles. The first-order valence-electron chi connectivity index (χ1n) is 12.6. The van der Waals surface area contributed by atoms with E-state index in [1.54, 1.807) is 10.9 Å². The normalized spacial score (nSPS) is 16.3. The monoisotopic (exact) mass is 572 g/mol. The molecule has 8 nitrogen and oxygen atoms in total. The quantitative estimate of drug-likeness (QED) is 0.235. The Balaban J connectivity index is 1.41. The third kappa shape index (κ3) is 6.60. The summed E-state index contributed by atoms with van der Waals surface area (Å²) in [4.78, 5) is 12.9. The van der Waals surface area contributed by atoms with Crippen molar-refractivity contribution >= 4 is 33.4 Å². The highest BCUT2D eigenvalue weighted by atomic mass is 35.5. The highest BCUT2D eigenvalue weighted by molar-refractivity contribution is 7.91. The summed E-state index contributed by atoms with van der Waals surface area (Å²) in [6, 6.07) is 25.7. The van der Waals surface area contributed by atoms with Gasteiger partial charge in [-0.3, -0.25) is 4.79 Å². The van der Waals surface area contributed by atoms with Crippen molar-refractivity contribution in [2.24, 2.45) is 0 Å². The molecule has 1 N–H and O–H groups in total. The fraction of sp³-hybridized carbons (Fsp3) is 0.167. The molecule has 40 heavy (non-hydrogen) atoms. The van der Waals surface area contributed by atoms with Crippen LogP contribution in [0.15, 0.2) is 90.6 Å². The zero-order valence-corrected chi connectivity index (χ0v) is 22.9. The number of nitrogens with zero attached hydrogens (tertiary/aromatic N) is 3. The number of benzene rings is 3. The third-order valence-corrected chi connectivity index (χ3v) is 8.46. The van der Waals surface area contributed by atoms with Gasteiger partial charge in [0.2, 0.25) is 0 Å². The van der Waals surface area contributed by atoms with E-state index in [4.69, 9.17) is 21.4 Å². The summed E-state index contributed by atoms with van der Waals surface area (Å²) in [7, 11) is -3.17. The minimum atomic E-state index is -3.17. The van der Waals surface area contributed by atoms with Gasteiger partial charge in [0.15, 0.2) is 9.84 Å². The van der Waals surface area contributed by atoms with Crippen molar-refractivity contribution in [2.75, 3.05) is 11.5 Å². The van der Waals surface area contributed by atoms with Crippen molar-refractivity contribution in [2.45, 2.75) is 19.1 Å². The Hall–Kier alpha value is -4.39. The molecule has 1 amide bonds. The fourth-order valence-electron chi connectivity index (χ4n) is 4.36. The lowest BCUT2D eigenvalue weighted by Crippen LogP contribution is -2.36. The molecule has 0 bridgehead atoms. The van der Waals surface area contributed by atoms with Gasteiger partial charge in [0.25, 0.3) is 5.91 Å². The topological polar surface area (TPSA) is 114 Å². The minimum absolute atomic E-state index is 0.0248. The van der Waals surface area contributed by atoms with E-state index in [2.05, 4.69) is 5.32 Å². The fourth-order valence-corrected chi connectivity index (χ4v) is 6.16. The Kier molecular flexibility index (Phi) is 8.01. The second-order valence-electron chi connectivity index (χ2n) is 9.40. The van der Waals surface area contributed by atoms with Crippen LogP contribution in [-0.2, 0) is 21.2 Å². The Morgan fingerprint density at radius 1 is 1.10 bits per heavy atom. The predicted octanol–water partition coefficient (Wildman–Crippen LogP) is 4.98. The maximum Gasteiger partial charge on any atom is 0.262 e. The third-order valence-electron chi connectivity index (χ3n) is 6.44. The maximum atomic E-state index is 12.9. The van der Waals surface area contributed by atoms with Crippen LogP contribution in [0.2, 0.25) is 5.02 Å². The Labute approximate surface area is 237 Å². The second kappa shape index (κ2) is 11.8. The summed E-state index contributed by atoms with van der Waals surface area (Å²) in [6.07, 6.45) is 3.56. The largest absolute Gasteiger partial charge is 0.489 e. The number of halogens is 1. The lowest BCUT2D eigenvalue weighted by molar-refractivity contribution is -0.117. The van der Waals surface area contributed by atoms with Crippen LogP contribution in [0.1, 0.15) is 17.5 Å². The lowest BCUT2D eigenvalue weighted by Gasteiger charge is -2.10. The van der Waals surface area contributed by atoms with E-state index >= 15 is 0 Å². The highest BCUT2D eigenvalue weighted by Crippen LogP contribution is 2.28. The molecule has 5 rings (SSSR count). The second-order valence-corrected chi connectivity index (χ2v) is 12.1. The number of carbonyl (C=O) groups excluding carboxylic acids is 1. The Morgan fingerprint density at radius 3 is 2.48 bits per heavy atom. The van der Waals surface area contributed by atoms with E-state index in [0.29, 0.717) is 35.1 Å². The van der Waals surface area contributed by atoms with Gasteiger partial charge in [0.05, 0.1) is 22.9 Å². The van der Waals surface area contributed by atoms with E-state index in [1.165, 1.54) is 6.08 Å². The van der Waals surface area contributed by atoms with Gasteiger partial charge in [-0.1, -0.05) is 41.9 Å².